The molecular weight excluding hydrogens is 306 g/mol. The fourth-order valence-corrected chi connectivity index (χ4v) is 3.15. The van der Waals surface area contributed by atoms with Crippen molar-refractivity contribution in [2.75, 3.05) is 13.2 Å². The number of nitrogens with one attached hydrogen (secondary N) is 1. The molecule has 5 nitrogen and oxygen atoms in total. The van der Waals surface area contributed by atoms with Gasteiger partial charge in [-0.2, -0.15) is 0 Å². The maximum Gasteiger partial charge on any atom is 0.328 e. The monoisotopic (exact) mass is 331 g/mol. The van der Waals surface area contributed by atoms with Crippen molar-refractivity contribution in [2.45, 2.75) is 37.6 Å². The fraction of sp³-hybridized carbons (Fsp3) is 0.474. The van der Waals surface area contributed by atoms with Crippen molar-refractivity contribution in [3.8, 4) is 0 Å². The second kappa shape index (κ2) is 9.23. The highest BCUT2D eigenvalue weighted by Gasteiger charge is 2.29. The van der Waals surface area contributed by atoms with Crippen LogP contribution in [0.3, 0.4) is 0 Å². The highest BCUT2D eigenvalue weighted by atomic mass is 16.5. The summed E-state index contributed by atoms with van der Waals surface area (Å²) in [6.45, 7) is 3.73. The highest BCUT2D eigenvalue weighted by molar-refractivity contribution is 5.85. The number of carboxylic acids is 1. The first kappa shape index (κ1) is 18.2. The Balaban J connectivity index is 1.83. The Morgan fingerprint density at radius 2 is 1.92 bits per heavy atom. The second-order valence-electron chi connectivity index (χ2n) is 6.18. The third-order valence-corrected chi connectivity index (χ3v) is 4.50. The predicted molar refractivity (Wildman–Crippen MR) is 91.7 cm³/mol. The van der Waals surface area contributed by atoms with Gasteiger partial charge in [-0.3, -0.25) is 4.79 Å². The molecule has 0 aliphatic heterocycles. The van der Waals surface area contributed by atoms with E-state index in [4.69, 9.17) is 4.74 Å². The molecule has 1 aromatic carbocycles. The van der Waals surface area contributed by atoms with Crippen LogP contribution in [0.25, 0.3) is 0 Å². The number of rotatable bonds is 8. The largest absolute Gasteiger partial charge is 0.480 e. The van der Waals surface area contributed by atoms with E-state index < -0.39 is 12.0 Å². The van der Waals surface area contributed by atoms with E-state index in [9.17, 15) is 14.7 Å². The molecule has 0 spiro atoms. The lowest BCUT2D eigenvalue weighted by molar-refractivity contribution is -0.144. The molecule has 1 unspecified atom stereocenters. The lowest BCUT2D eigenvalue weighted by Gasteiger charge is -2.29. The molecule has 1 aliphatic carbocycles. The van der Waals surface area contributed by atoms with E-state index in [0.29, 0.717) is 5.92 Å². The highest BCUT2D eigenvalue weighted by Crippen LogP contribution is 2.35. The van der Waals surface area contributed by atoms with Crippen LogP contribution >= 0.6 is 0 Å². The number of carbonyl (C=O) groups is 2. The SMILES string of the molecule is C=CCOCC(NC(=O)C1CCC(c2ccccc2)CC1)C(=O)O. The molecule has 0 bridgehead atoms. The number of carboxylic acid groups (broad SMARTS) is 1. The van der Waals surface area contributed by atoms with Gasteiger partial charge in [-0.25, -0.2) is 4.79 Å². The van der Waals surface area contributed by atoms with E-state index in [1.165, 1.54) is 5.56 Å². The average Bonchev–Trinajstić information content (AvgIpc) is 2.61. The molecule has 1 fully saturated rings. The van der Waals surface area contributed by atoms with E-state index in [2.05, 4.69) is 24.0 Å². The first-order valence-corrected chi connectivity index (χ1v) is 8.38. The first-order valence-electron chi connectivity index (χ1n) is 8.38. The zero-order chi connectivity index (χ0) is 17.4. The normalized spacial score (nSPS) is 21.7. The Hall–Kier alpha value is -2.14. The smallest absolute Gasteiger partial charge is 0.328 e. The van der Waals surface area contributed by atoms with Gasteiger partial charge in [0.15, 0.2) is 6.04 Å². The lowest BCUT2D eigenvalue weighted by atomic mass is 9.78. The molecule has 0 radical (unpaired) electrons. The Morgan fingerprint density at radius 1 is 1.25 bits per heavy atom. The molecule has 2 N–H and O–H groups in total. The van der Waals surface area contributed by atoms with Gasteiger partial charge in [-0.15, -0.1) is 6.58 Å². The van der Waals surface area contributed by atoms with E-state index in [0.717, 1.165) is 25.7 Å². The van der Waals surface area contributed by atoms with Gasteiger partial charge in [0.05, 0.1) is 13.2 Å². The number of carbonyl (C=O) groups excluding carboxylic acids is 1. The van der Waals surface area contributed by atoms with E-state index in [1.54, 1.807) is 6.08 Å². The van der Waals surface area contributed by atoms with Crippen molar-refractivity contribution in [2.24, 2.45) is 5.92 Å². The van der Waals surface area contributed by atoms with Gasteiger partial charge in [0.1, 0.15) is 0 Å². The molecule has 1 aromatic rings. The van der Waals surface area contributed by atoms with Gasteiger partial charge in [0, 0.05) is 5.92 Å². The second-order valence-corrected chi connectivity index (χ2v) is 6.18. The minimum Gasteiger partial charge on any atom is -0.480 e. The average molecular weight is 331 g/mol. The number of hydrogen-bond acceptors (Lipinski definition) is 3. The topological polar surface area (TPSA) is 75.6 Å². The predicted octanol–water partition coefficient (Wildman–Crippen LogP) is 2.73. The summed E-state index contributed by atoms with van der Waals surface area (Å²) >= 11 is 0. The summed E-state index contributed by atoms with van der Waals surface area (Å²) in [4.78, 5) is 23.6. The Bertz CT molecular complexity index is 550. The maximum absolute atomic E-state index is 12.3. The van der Waals surface area contributed by atoms with Gasteiger partial charge in [-0.05, 0) is 37.2 Å². The van der Waals surface area contributed by atoms with Gasteiger partial charge in [0.25, 0.3) is 0 Å². The van der Waals surface area contributed by atoms with Crippen molar-refractivity contribution < 1.29 is 19.4 Å². The van der Waals surface area contributed by atoms with E-state index in [-0.39, 0.29) is 25.0 Å². The van der Waals surface area contributed by atoms with Gasteiger partial charge in [-0.1, -0.05) is 36.4 Å². The van der Waals surface area contributed by atoms with Crippen LogP contribution in [0, 0.1) is 5.92 Å². The summed E-state index contributed by atoms with van der Waals surface area (Å²) in [5.41, 5.74) is 1.32. The zero-order valence-corrected chi connectivity index (χ0v) is 13.8. The molecule has 1 aliphatic rings. The Labute approximate surface area is 142 Å². The summed E-state index contributed by atoms with van der Waals surface area (Å²) in [5, 5.41) is 11.8. The molecular formula is C19H25NO4. The molecule has 5 heteroatoms. The fourth-order valence-electron chi connectivity index (χ4n) is 3.15. The summed E-state index contributed by atoms with van der Waals surface area (Å²) in [6.07, 6.45) is 5.02. The molecule has 1 atom stereocenters. The molecule has 0 aromatic heterocycles. The molecule has 0 heterocycles. The van der Waals surface area contributed by atoms with Crippen LogP contribution in [0.5, 0.6) is 0 Å². The number of aliphatic carboxylic acids is 1. The van der Waals surface area contributed by atoms with E-state index in [1.807, 2.05) is 18.2 Å². The van der Waals surface area contributed by atoms with Crippen LogP contribution in [0.15, 0.2) is 43.0 Å². The number of ether oxygens (including phenoxy) is 1. The lowest BCUT2D eigenvalue weighted by Crippen LogP contribution is -2.46. The maximum atomic E-state index is 12.3. The quantitative estimate of drug-likeness (QED) is 0.567. The third-order valence-electron chi connectivity index (χ3n) is 4.50. The van der Waals surface area contributed by atoms with Crippen LogP contribution in [-0.2, 0) is 14.3 Å². The van der Waals surface area contributed by atoms with Crippen molar-refractivity contribution in [3.63, 3.8) is 0 Å². The summed E-state index contributed by atoms with van der Waals surface area (Å²) in [6, 6.07) is 9.32. The molecule has 24 heavy (non-hydrogen) atoms. The molecule has 130 valence electrons. The van der Waals surface area contributed by atoms with Crippen LogP contribution in [0.4, 0.5) is 0 Å². The van der Waals surface area contributed by atoms with Crippen molar-refractivity contribution in [3.05, 3.63) is 48.6 Å². The first-order chi connectivity index (χ1) is 11.6. The number of hydrogen-bond donors (Lipinski definition) is 2. The Kier molecular flexibility index (Phi) is 7.00. The summed E-state index contributed by atoms with van der Waals surface area (Å²) in [7, 11) is 0. The zero-order valence-electron chi connectivity index (χ0n) is 13.8. The van der Waals surface area contributed by atoms with Gasteiger partial charge in [0.2, 0.25) is 5.91 Å². The van der Waals surface area contributed by atoms with Gasteiger partial charge < -0.3 is 15.2 Å². The molecule has 0 saturated heterocycles. The number of amides is 1. The summed E-state index contributed by atoms with van der Waals surface area (Å²) < 4.78 is 5.16. The van der Waals surface area contributed by atoms with Crippen LogP contribution < -0.4 is 5.32 Å². The van der Waals surface area contributed by atoms with Crippen LogP contribution in [-0.4, -0.2) is 36.2 Å². The number of benzene rings is 1. The standard InChI is InChI=1S/C19H25NO4/c1-2-12-24-13-17(19(22)23)20-18(21)16-10-8-15(9-11-16)14-6-4-3-5-7-14/h2-7,15-17H,1,8-13H2,(H,20,21)(H,22,23). The molecule has 1 saturated carbocycles. The minimum absolute atomic E-state index is 0.0492. The van der Waals surface area contributed by atoms with Crippen molar-refractivity contribution in [1.29, 1.82) is 0 Å². The van der Waals surface area contributed by atoms with Crippen LogP contribution in [0.1, 0.15) is 37.2 Å². The molecule has 2 rings (SSSR count). The molecule has 1 amide bonds. The Morgan fingerprint density at radius 3 is 2.50 bits per heavy atom. The third kappa shape index (κ3) is 5.20. The van der Waals surface area contributed by atoms with Crippen LogP contribution in [0.2, 0.25) is 0 Å². The van der Waals surface area contributed by atoms with E-state index >= 15 is 0 Å². The van der Waals surface area contributed by atoms with Crippen molar-refractivity contribution in [1.82, 2.24) is 5.32 Å². The minimum atomic E-state index is -1.08. The van der Waals surface area contributed by atoms with Gasteiger partial charge >= 0.3 is 5.97 Å². The summed E-state index contributed by atoms with van der Waals surface area (Å²) in [5.74, 6) is -0.894. The van der Waals surface area contributed by atoms with Crippen molar-refractivity contribution >= 4 is 11.9 Å².